The number of fused-ring (bicyclic) bond motifs is 2. The molecule has 4 N–H and O–H groups in total. The molecule has 2 atom stereocenters. The van der Waals surface area contributed by atoms with Crippen LogP contribution >= 0.6 is 11.8 Å². The Bertz CT molecular complexity index is 951. The topological polar surface area (TPSA) is 113 Å². The standard InChI is InChI=1S/C17H17N5O3S/c18-13-15(23)22-14(17(24)25)10(8-26-16(13)22)4-3-7-20-21-9-19-11-5-1-2-6-12(11)21/h1-6,9,13,16,20H,7-8,18H2,(H,24,25)/b4-3+/t13-,16-/m1/s1. The number of β-lactam (4-membered cyclic amide) rings is 1. The highest BCUT2D eigenvalue weighted by atomic mass is 32.2. The summed E-state index contributed by atoms with van der Waals surface area (Å²) in [6.07, 6.45) is 5.27. The van der Waals surface area contributed by atoms with Crippen LogP contribution in [0.3, 0.4) is 0 Å². The van der Waals surface area contributed by atoms with Gasteiger partial charge in [0.15, 0.2) is 0 Å². The van der Waals surface area contributed by atoms with Gasteiger partial charge in [-0.25, -0.2) is 14.5 Å². The van der Waals surface area contributed by atoms with Gasteiger partial charge in [-0.1, -0.05) is 24.3 Å². The van der Waals surface area contributed by atoms with Gasteiger partial charge in [0.1, 0.15) is 23.4 Å². The zero-order valence-corrected chi connectivity index (χ0v) is 14.5. The third-order valence-corrected chi connectivity index (χ3v) is 5.72. The maximum atomic E-state index is 11.9. The molecular formula is C17H17N5O3S. The van der Waals surface area contributed by atoms with Crippen molar-refractivity contribution in [1.29, 1.82) is 0 Å². The molecule has 3 heterocycles. The van der Waals surface area contributed by atoms with Crippen molar-refractivity contribution in [1.82, 2.24) is 14.6 Å². The minimum atomic E-state index is -1.11. The molecule has 2 aliphatic heterocycles. The summed E-state index contributed by atoms with van der Waals surface area (Å²) >= 11 is 1.48. The van der Waals surface area contributed by atoms with Gasteiger partial charge in [-0.05, 0) is 17.7 Å². The Balaban J connectivity index is 1.49. The smallest absolute Gasteiger partial charge is 0.352 e. The summed E-state index contributed by atoms with van der Waals surface area (Å²) in [5, 5.41) is 9.22. The second-order valence-corrected chi connectivity index (χ2v) is 7.09. The minimum Gasteiger partial charge on any atom is -0.477 e. The lowest BCUT2D eigenvalue weighted by Gasteiger charge is -2.47. The summed E-state index contributed by atoms with van der Waals surface area (Å²) in [4.78, 5) is 29.1. The van der Waals surface area contributed by atoms with E-state index in [2.05, 4.69) is 10.4 Å². The van der Waals surface area contributed by atoms with Crippen molar-refractivity contribution < 1.29 is 14.7 Å². The number of imidazole rings is 1. The van der Waals surface area contributed by atoms with Crippen molar-refractivity contribution >= 4 is 34.7 Å². The second kappa shape index (κ2) is 6.50. The maximum absolute atomic E-state index is 11.9. The molecule has 8 nitrogen and oxygen atoms in total. The number of rotatable bonds is 5. The summed E-state index contributed by atoms with van der Waals surface area (Å²) in [6.45, 7) is 0.484. The van der Waals surface area contributed by atoms with Crippen molar-refractivity contribution in [2.75, 3.05) is 17.7 Å². The number of carbonyl (C=O) groups is 2. The van der Waals surface area contributed by atoms with E-state index in [0.29, 0.717) is 17.9 Å². The highest BCUT2D eigenvalue weighted by Gasteiger charge is 2.51. The van der Waals surface area contributed by atoms with Crippen LogP contribution in [0.15, 0.2) is 54.0 Å². The van der Waals surface area contributed by atoms with Crippen molar-refractivity contribution in [3.63, 3.8) is 0 Å². The molecule has 2 aliphatic rings. The fraction of sp³-hybridized carbons (Fsp3) is 0.235. The molecule has 0 aliphatic carbocycles. The molecule has 0 spiro atoms. The van der Waals surface area contributed by atoms with Gasteiger partial charge in [0, 0.05) is 12.3 Å². The lowest BCUT2D eigenvalue weighted by Crippen LogP contribution is -2.68. The van der Waals surface area contributed by atoms with Crippen LogP contribution in [0.4, 0.5) is 0 Å². The van der Waals surface area contributed by atoms with Gasteiger partial charge in [-0.2, -0.15) is 0 Å². The number of hydrogen-bond donors (Lipinski definition) is 3. The maximum Gasteiger partial charge on any atom is 0.352 e. The van der Waals surface area contributed by atoms with Gasteiger partial charge in [0.2, 0.25) is 5.91 Å². The average Bonchev–Trinajstić information content (AvgIpc) is 3.07. The van der Waals surface area contributed by atoms with Crippen LogP contribution in [0.2, 0.25) is 0 Å². The quantitative estimate of drug-likeness (QED) is 0.664. The first-order chi connectivity index (χ1) is 12.6. The molecule has 1 fully saturated rings. The van der Waals surface area contributed by atoms with Crippen LogP contribution in [-0.2, 0) is 9.59 Å². The Morgan fingerprint density at radius 1 is 1.46 bits per heavy atom. The van der Waals surface area contributed by atoms with Crippen LogP contribution in [0.5, 0.6) is 0 Å². The van der Waals surface area contributed by atoms with Gasteiger partial charge in [-0.15, -0.1) is 11.8 Å². The van der Waals surface area contributed by atoms with E-state index >= 15 is 0 Å². The number of thioether (sulfide) groups is 1. The van der Waals surface area contributed by atoms with Crippen molar-refractivity contribution in [2.45, 2.75) is 11.4 Å². The zero-order valence-electron chi connectivity index (χ0n) is 13.7. The highest BCUT2D eigenvalue weighted by Crippen LogP contribution is 2.39. The number of aliphatic carboxylic acids is 1. The first-order valence-electron chi connectivity index (χ1n) is 8.07. The number of nitrogens with two attached hydrogens (primary N) is 1. The molecule has 0 unspecified atom stereocenters. The van der Waals surface area contributed by atoms with Crippen LogP contribution < -0.4 is 11.2 Å². The molecule has 0 radical (unpaired) electrons. The fourth-order valence-electron chi connectivity index (χ4n) is 3.11. The van der Waals surface area contributed by atoms with E-state index in [0.717, 1.165) is 11.0 Å². The number of carboxylic acids is 1. The van der Waals surface area contributed by atoms with E-state index in [1.54, 1.807) is 12.4 Å². The number of hydrogen-bond acceptors (Lipinski definition) is 6. The molecule has 26 heavy (non-hydrogen) atoms. The summed E-state index contributed by atoms with van der Waals surface area (Å²) in [5.74, 6) is -0.939. The predicted molar refractivity (Wildman–Crippen MR) is 98.8 cm³/mol. The molecule has 134 valence electrons. The van der Waals surface area contributed by atoms with E-state index < -0.39 is 12.0 Å². The van der Waals surface area contributed by atoms with Crippen LogP contribution in [0, 0.1) is 0 Å². The molecule has 9 heteroatoms. The third kappa shape index (κ3) is 2.65. The molecule has 0 bridgehead atoms. The van der Waals surface area contributed by atoms with Crippen molar-refractivity contribution in [3.05, 3.63) is 54.0 Å². The number of nitrogens with zero attached hydrogens (tertiary/aromatic N) is 3. The van der Waals surface area contributed by atoms with E-state index in [4.69, 9.17) is 5.73 Å². The Morgan fingerprint density at radius 3 is 3.08 bits per heavy atom. The number of aromatic nitrogens is 2. The lowest BCUT2D eigenvalue weighted by molar-refractivity contribution is -0.147. The lowest BCUT2D eigenvalue weighted by atomic mass is 10.0. The summed E-state index contributed by atoms with van der Waals surface area (Å²) < 4.78 is 1.82. The molecule has 4 rings (SSSR count). The van der Waals surface area contributed by atoms with Crippen LogP contribution in [-0.4, -0.2) is 55.3 Å². The molecular weight excluding hydrogens is 354 g/mol. The molecule has 0 saturated carbocycles. The van der Waals surface area contributed by atoms with Gasteiger partial charge < -0.3 is 16.3 Å². The van der Waals surface area contributed by atoms with Gasteiger partial charge in [0.05, 0.1) is 11.0 Å². The van der Waals surface area contributed by atoms with Gasteiger partial charge in [0.25, 0.3) is 0 Å². The number of benzene rings is 1. The minimum absolute atomic E-state index is 0.0322. The number of carboxylic acid groups (broad SMARTS) is 1. The Hall–Kier alpha value is -2.78. The van der Waals surface area contributed by atoms with Crippen LogP contribution in [0.25, 0.3) is 11.0 Å². The number of amides is 1. The van der Waals surface area contributed by atoms with E-state index in [-0.39, 0.29) is 17.0 Å². The van der Waals surface area contributed by atoms with Gasteiger partial charge >= 0.3 is 5.97 Å². The van der Waals surface area contributed by atoms with Crippen LogP contribution in [0.1, 0.15) is 0 Å². The molecule has 1 aromatic carbocycles. The van der Waals surface area contributed by atoms with Gasteiger partial charge in [-0.3, -0.25) is 9.69 Å². The second-order valence-electron chi connectivity index (χ2n) is 5.98. The molecule has 1 amide bonds. The Kier molecular flexibility index (Phi) is 4.17. The summed E-state index contributed by atoms with van der Waals surface area (Å²) in [6, 6.07) is 7.14. The number of nitrogens with one attached hydrogen (secondary N) is 1. The van der Waals surface area contributed by atoms with E-state index in [1.165, 1.54) is 16.7 Å². The predicted octanol–water partition coefficient (Wildman–Crippen LogP) is 0.717. The van der Waals surface area contributed by atoms with Crippen molar-refractivity contribution in [3.8, 4) is 0 Å². The fourth-order valence-corrected chi connectivity index (χ4v) is 4.37. The third-order valence-electron chi connectivity index (χ3n) is 4.39. The molecule has 1 aromatic heterocycles. The Labute approximate surface area is 153 Å². The normalized spacial score (nSPS) is 22.7. The molecule has 1 saturated heterocycles. The monoisotopic (exact) mass is 371 g/mol. The van der Waals surface area contributed by atoms with E-state index in [1.807, 2.05) is 35.0 Å². The SMILES string of the molecule is N[C@@H]1C(=O)N2C(C(=O)O)=C(/C=C/CNn3cnc4ccccc43)CS[C@H]12. The summed E-state index contributed by atoms with van der Waals surface area (Å²) in [7, 11) is 0. The largest absolute Gasteiger partial charge is 0.477 e. The zero-order chi connectivity index (χ0) is 18.3. The van der Waals surface area contributed by atoms with E-state index in [9.17, 15) is 14.7 Å². The number of allylic oxidation sites excluding steroid dienone is 1. The summed E-state index contributed by atoms with van der Waals surface area (Å²) in [5.41, 5.74) is 11.4. The highest BCUT2D eigenvalue weighted by molar-refractivity contribution is 8.00. The first-order valence-corrected chi connectivity index (χ1v) is 9.12. The number of para-hydroxylation sites is 2. The average molecular weight is 371 g/mol. The molecule has 2 aromatic rings. The van der Waals surface area contributed by atoms with Crippen molar-refractivity contribution in [2.24, 2.45) is 5.73 Å². The number of carbonyl (C=O) groups excluding carboxylic acids is 1. The Morgan fingerprint density at radius 2 is 2.27 bits per heavy atom. The first kappa shape index (κ1) is 16.7.